The smallest absolute Gasteiger partial charge is 0.220 e. The van der Waals surface area contributed by atoms with E-state index in [0.717, 1.165) is 53.2 Å². The highest BCUT2D eigenvalue weighted by Gasteiger charge is 2.32. The van der Waals surface area contributed by atoms with Crippen molar-refractivity contribution in [1.29, 1.82) is 0 Å². The SMILES string of the molecule is Cc1nc2c3ccccc3nn2c(C)c1CCC(=O)NC[C@@H]1CN2CCC[C@@H]2CO1. The number of aryl methyl sites for hydroxylation is 2. The molecule has 1 amide bonds. The highest BCUT2D eigenvalue weighted by molar-refractivity contribution is 5.92. The zero-order chi connectivity index (χ0) is 20.7. The second-order valence-electron chi connectivity index (χ2n) is 8.56. The van der Waals surface area contributed by atoms with Crippen molar-refractivity contribution in [3.05, 3.63) is 41.2 Å². The van der Waals surface area contributed by atoms with Gasteiger partial charge in [-0.2, -0.15) is 5.10 Å². The fourth-order valence-electron chi connectivity index (χ4n) is 4.90. The van der Waals surface area contributed by atoms with E-state index in [1.54, 1.807) is 0 Å². The van der Waals surface area contributed by atoms with Crippen molar-refractivity contribution < 1.29 is 9.53 Å². The monoisotopic (exact) mass is 407 g/mol. The van der Waals surface area contributed by atoms with Crippen LogP contribution in [0.1, 0.15) is 36.2 Å². The lowest BCUT2D eigenvalue weighted by Gasteiger charge is -2.35. The van der Waals surface area contributed by atoms with Crippen LogP contribution in [0.25, 0.3) is 16.6 Å². The Bertz CT molecular complexity index is 1090. The minimum Gasteiger partial charge on any atom is -0.373 e. The van der Waals surface area contributed by atoms with Crippen molar-refractivity contribution in [3.8, 4) is 0 Å². The molecule has 0 unspecified atom stereocenters. The fraction of sp³-hybridized carbons (Fsp3) is 0.522. The molecule has 7 heteroatoms. The lowest BCUT2D eigenvalue weighted by atomic mass is 10.1. The summed E-state index contributed by atoms with van der Waals surface area (Å²) in [6, 6.07) is 8.64. The molecule has 2 aliphatic rings. The molecule has 4 heterocycles. The number of carbonyl (C=O) groups excluding carboxylic acids is 1. The van der Waals surface area contributed by atoms with Gasteiger partial charge in [-0.05, 0) is 57.4 Å². The Labute approximate surface area is 176 Å². The molecule has 2 aromatic heterocycles. The lowest BCUT2D eigenvalue weighted by molar-refractivity contribution is -0.122. The maximum Gasteiger partial charge on any atom is 0.220 e. The van der Waals surface area contributed by atoms with Gasteiger partial charge in [-0.3, -0.25) is 9.69 Å². The maximum atomic E-state index is 12.5. The zero-order valence-electron chi connectivity index (χ0n) is 17.7. The largest absolute Gasteiger partial charge is 0.373 e. The van der Waals surface area contributed by atoms with Crippen LogP contribution in [0.15, 0.2) is 24.3 Å². The third-order valence-electron chi connectivity index (χ3n) is 6.61. The van der Waals surface area contributed by atoms with Crippen molar-refractivity contribution >= 4 is 22.5 Å². The van der Waals surface area contributed by atoms with E-state index in [0.29, 0.717) is 25.4 Å². The lowest BCUT2D eigenvalue weighted by Crippen LogP contribution is -2.50. The third kappa shape index (κ3) is 3.56. The summed E-state index contributed by atoms with van der Waals surface area (Å²) in [6.45, 7) is 7.55. The molecule has 5 rings (SSSR count). The van der Waals surface area contributed by atoms with Gasteiger partial charge in [0.25, 0.3) is 0 Å². The summed E-state index contributed by atoms with van der Waals surface area (Å²) in [4.78, 5) is 19.8. The highest BCUT2D eigenvalue weighted by atomic mass is 16.5. The predicted molar refractivity (Wildman–Crippen MR) is 116 cm³/mol. The summed E-state index contributed by atoms with van der Waals surface area (Å²) < 4.78 is 7.85. The number of carbonyl (C=O) groups is 1. The van der Waals surface area contributed by atoms with E-state index in [1.165, 1.54) is 12.8 Å². The molecule has 2 atom stereocenters. The molecule has 0 saturated carbocycles. The molecular weight excluding hydrogens is 378 g/mol. The van der Waals surface area contributed by atoms with Crippen LogP contribution >= 0.6 is 0 Å². The first kappa shape index (κ1) is 19.5. The molecule has 0 radical (unpaired) electrons. The number of fused-ring (bicyclic) bond motifs is 4. The van der Waals surface area contributed by atoms with Gasteiger partial charge in [0.2, 0.25) is 5.91 Å². The first-order valence-electron chi connectivity index (χ1n) is 11.0. The summed E-state index contributed by atoms with van der Waals surface area (Å²) in [5, 5.41) is 8.82. The average molecular weight is 408 g/mol. The number of ether oxygens (including phenoxy) is 1. The molecule has 0 aliphatic carbocycles. The van der Waals surface area contributed by atoms with Crippen LogP contribution in [-0.4, -0.2) is 63.8 Å². The van der Waals surface area contributed by atoms with Gasteiger partial charge in [0.1, 0.15) is 0 Å². The van der Waals surface area contributed by atoms with Crippen molar-refractivity contribution in [2.45, 2.75) is 51.7 Å². The number of rotatable bonds is 5. The van der Waals surface area contributed by atoms with E-state index in [9.17, 15) is 4.79 Å². The number of nitrogens with one attached hydrogen (secondary N) is 1. The van der Waals surface area contributed by atoms with Gasteiger partial charge in [-0.15, -0.1) is 0 Å². The Kier molecular flexibility index (Phi) is 5.16. The Morgan fingerprint density at radius 2 is 2.17 bits per heavy atom. The second-order valence-corrected chi connectivity index (χ2v) is 8.56. The molecule has 30 heavy (non-hydrogen) atoms. The van der Waals surface area contributed by atoms with Crippen molar-refractivity contribution in [2.75, 3.05) is 26.2 Å². The van der Waals surface area contributed by atoms with Gasteiger partial charge in [0.05, 0.1) is 18.2 Å². The van der Waals surface area contributed by atoms with Gasteiger partial charge >= 0.3 is 0 Å². The van der Waals surface area contributed by atoms with Crippen LogP contribution in [0.4, 0.5) is 0 Å². The quantitative estimate of drug-likeness (QED) is 0.703. The molecule has 0 spiro atoms. The molecule has 2 fully saturated rings. The Balaban J connectivity index is 1.22. The van der Waals surface area contributed by atoms with Gasteiger partial charge in [0.15, 0.2) is 5.65 Å². The van der Waals surface area contributed by atoms with Crippen LogP contribution in [0.3, 0.4) is 0 Å². The van der Waals surface area contributed by atoms with E-state index >= 15 is 0 Å². The molecule has 1 N–H and O–H groups in total. The first-order chi connectivity index (χ1) is 14.6. The standard InChI is InChI=1S/C23H29N5O2/c1-15-19(16(2)28-23(25-15)20-7-3-4-8-21(20)26-28)9-10-22(29)24-12-18-13-27-11-5-6-17(27)14-30-18/h3-4,7-8,17-18H,5-6,9-14H2,1-2H3,(H,24,29)/t17-,18-/m1/s1. The fourth-order valence-corrected chi connectivity index (χ4v) is 4.90. The number of aromatic nitrogens is 3. The molecule has 0 bridgehead atoms. The predicted octanol–water partition coefficient (Wildman–Crippen LogP) is 2.41. The number of hydrogen-bond acceptors (Lipinski definition) is 5. The van der Waals surface area contributed by atoms with E-state index < -0.39 is 0 Å². The van der Waals surface area contributed by atoms with Crippen LogP contribution in [0, 0.1) is 13.8 Å². The van der Waals surface area contributed by atoms with Gasteiger partial charge in [-0.1, -0.05) is 12.1 Å². The number of nitrogens with zero attached hydrogens (tertiary/aromatic N) is 4. The summed E-state index contributed by atoms with van der Waals surface area (Å²) in [6.07, 6.45) is 3.69. The Morgan fingerprint density at radius 3 is 3.07 bits per heavy atom. The second kappa shape index (κ2) is 7.96. The van der Waals surface area contributed by atoms with Crippen molar-refractivity contribution in [3.63, 3.8) is 0 Å². The first-order valence-corrected chi connectivity index (χ1v) is 11.0. The Hall–Kier alpha value is -2.51. The molecule has 1 aromatic carbocycles. The number of amides is 1. The normalized spacial score (nSPS) is 21.9. The number of morpholine rings is 1. The molecule has 2 aliphatic heterocycles. The van der Waals surface area contributed by atoms with Crippen molar-refractivity contribution in [2.24, 2.45) is 0 Å². The topological polar surface area (TPSA) is 71.8 Å². The van der Waals surface area contributed by atoms with E-state index in [4.69, 9.17) is 14.8 Å². The number of hydrogen-bond donors (Lipinski definition) is 1. The minimum atomic E-state index is 0.0617. The number of benzene rings is 1. The van der Waals surface area contributed by atoms with Crippen LogP contribution in [0.2, 0.25) is 0 Å². The molecular formula is C23H29N5O2. The van der Waals surface area contributed by atoms with E-state index in [2.05, 4.69) is 17.1 Å². The molecule has 2 saturated heterocycles. The van der Waals surface area contributed by atoms with Gasteiger partial charge < -0.3 is 10.1 Å². The van der Waals surface area contributed by atoms with E-state index in [1.807, 2.05) is 35.7 Å². The summed E-state index contributed by atoms with van der Waals surface area (Å²) in [5.41, 5.74) is 4.93. The average Bonchev–Trinajstić information content (AvgIpc) is 3.36. The minimum absolute atomic E-state index is 0.0617. The third-order valence-corrected chi connectivity index (χ3v) is 6.61. The molecule has 7 nitrogen and oxygen atoms in total. The summed E-state index contributed by atoms with van der Waals surface area (Å²) in [7, 11) is 0. The Morgan fingerprint density at radius 1 is 1.30 bits per heavy atom. The highest BCUT2D eigenvalue weighted by Crippen LogP contribution is 2.24. The van der Waals surface area contributed by atoms with Crippen LogP contribution < -0.4 is 5.32 Å². The maximum absolute atomic E-state index is 12.5. The molecule has 3 aromatic rings. The summed E-state index contributed by atoms with van der Waals surface area (Å²) >= 11 is 0. The van der Waals surface area contributed by atoms with Crippen LogP contribution in [-0.2, 0) is 16.0 Å². The summed E-state index contributed by atoms with van der Waals surface area (Å²) in [5.74, 6) is 0.0617. The van der Waals surface area contributed by atoms with Crippen LogP contribution in [0.5, 0.6) is 0 Å². The van der Waals surface area contributed by atoms with E-state index in [-0.39, 0.29) is 12.0 Å². The van der Waals surface area contributed by atoms with Gasteiger partial charge in [0, 0.05) is 42.3 Å². The van der Waals surface area contributed by atoms with Gasteiger partial charge in [-0.25, -0.2) is 9.50 Å². The molecule has 158 valence electrons. The van der Waals surface area contributed by atoms with Crippen molar-refractivity contribution in [1.82, 2.24) is 24.8 Å². The zero-order valence-corrected chi connectivity index (χ0v) is 17.7.